The zero-order valence-corrected chi connectivity index (χ0v) is 13.8. The molecule has 0 amide bonds. The van der Waals surface area contributed by atoms with Crippen molar-refractivity contribution in [2.75, 3.05) is 18.4 Å². The minimum atomic E-state index is -4.35. The molecule has 134 valence electrons. The van der Waals surface area contributed by atoms with Crippen molar-refractivity contribution in [3.63, 3.8) is 0 Å². The highest BCUT2D eigenvalue weighted by atomic mass is 19.4. The molecule has 3 heterocycles. The van der Waals surface area contributed by atoms with Gasteiger partial charge in [-0.15, -0.1) is 0 Å². The Labute approximate surface area is 148 Å². The molecule has 2 N–H and O–H groups in total. The molecule has 7 heteroatoms. The lowest BCUT2D eigenvalue weighted by Gasteiger charge is -2.15. The van der Waals surface area contributed by atoms with Crippen LogP contribution in [0.25, 0.3) is 22.0 Å². The summed E-state index contributed by atoms with van der Waals surface area (Å²) < 4.78 is 38.4. The molecule has 0 spiro atoms. The van der Waals surface area contributed by atoms with Crippen molar-refractivity contribution in [3.05, 3.63) is 54.4 Å². The van der Waals surface area contributed by atoms with Crippen molar-refractivity contribution in [2.24, 2.45) is 0 Å². The van der Waals surface area contributed by atoms with Crippen LogP contribution < -0.4 is 10.6 Å². The van der Waals surface area contributed by atoms with Gasteiger partial charge in [-0.2, -0.15) is 13.2 Å². The van der Waals surface area contributed by atoms with Gasteiger partial charge in [0.2, 0.25) is 0 Å². The van der Waals surface area contributed by atoms with Crippen LogP contribution in [0.15, 0.2) is 48.8 Å². The monoisotopic (exact) mass is 358 g/mol. The normalized spacial score (nSPS) is 17.6. The number of benzene rings is 1. The number of pyridine rings is 2. The topological polar surface area (TPSA) is 49.8 Å². The summed E-state index contributed by atoms with van der Waals surface area (Å²) in [5, 5.41) is 7.58. The second kappa shape index (κ2) is 6.57. The third kappa shape index (κ3) is 3.22. The van der Waals surface area contributed by atoms with E-state index in [9.17, 15) is 13.2 Å². The lowest BCUT2D eigenvalue weighted by Crippen LogP contribution is -2.22. The number of nitrogens with zero attached hydrogens (tertiary/aromatic N) is 2. The second-order valence-electron chi connectivity index (χ2n) is 6.33. The number of anilines is 1. The number of alkyl halides is 3. The number of halogens is 3. The summed E-state index contributed by atoms with van der Waals surface area (Å²) in [7, 11) is 0. The predicted octanol–water partition coefficient (Wildman–Crippen LogP) is 4.09. The Morgan fingerprint density at radius 1 is 1.08 bits per heavy atom. The highest BCUT2D eigenvalue weighted by molar-refractivity contribution is 5.99. The highest BCUT2D eigenvalue weighted by Gasteiger charge is 2.30. The van der Waals surface area contributed by atoms with E-state index in [4.69, 9.17) is 0 Å². The van der Waals surface area contributed by atoms with Crippen LogP contribution in [0.5, 0.6) is 0 Å². The van der Waals surface area contributed by atoms with E-state index in [0.717, 1.165) is 48.4 Å². The van der Waals surface area contributed by atoms with Crippen LogP contribution in [-0.2, 0) is 6.18 Å². The van der Waals surface area contributed by atoms with Gasteiger partial charge in [0.15, 0.2) is 0 Å². The molecule has 1 aliphatic rings. The van der Waals surface area contributed by atoms with Gasteiger partial charge in [0.05, 0.1) is 11.1 Å². The molecule has 26 heavy (non-hydrogen) atoms. The molecule has 1 aromatic carbocycles. The van der Waals surface area contributed by atoms with E-state index in [-0.39, 0.29) is 0 Å². The standard InChI is InChI=1S/C19H17F3N4/c20-19(21,22)13-5-3-12(4-6-13)16-11-25-18(26-14-7-9-23-10-14)15-2-1-8-24-17(15)16/h1-6,8,11,14,23H,7,9-10H2,(H,25,26). The van der Waals surface area contributed by atoms with E-state index in [1.54, 1.807) is 12.4 Å². The van der Waals surface area contributed by atoms with Crippen LogP contribution in [0.3, 0.4) is 0 Å². The molecule has 0 aliphatic carbocycles. The van der Waals surface area contributed by atoms with Crippen LogP contribution >= 0.6 is 0 Å². The number of hydrogen-bond acceptors (Lipinski definition) is 4. The molecule has 3 aromatic rings. The van der Waals surface area contributed by atoms with E-state index in [1.807, 2.05) is 12.1 Å². The van der Waals surface area contributed by atoms with Crippen molar-refractivity contribution in [3.8, 4) is 11.1 Å². The fourth-order valence-electron chi connectivity index (χ4n) is 3.21. The summed E-state index contributed by atoms with van der Waals surface area (Å²) in [6.07, 6.45) is 0.0176. The molecule has 0 radical (unpaired) electrons. The first-order valence-electron chi connectivity index (χ1n) is 8.41. The maximum absolute atomic E-state index is 12.8. The van der Waals surface area contributed by atoms with Gasteiger partial charge in [0.25, 0.3) is 0 Å². The molecule has 4 rings (SSSR count). The van der Waals surface area contributed by atoms with Gasteiger partial charge in [-0.1, -0.05) is 12.1 Å². The Kier molecular flexibility index (Phi) is 4.24. The molecule has 1 fully saturated rings. The zero-order valence-electron chi connectivity index (χ0n) is 13.8. The minimum Gasteiger partial charge on any atom is -0.365 e. The van der Waals surface area contributed by atoms with Crippen LogP contribution in [0.2, 0.25) is 0 Å². The molecule has 1 saturated heterocycles. The summed E-state index contributed by atoms with van der Waals surface area (Å²) in [5.74, 6) is 0.748. The maximum atomic E-state index is 12.8. The molecule has 2 aromatic heterocycles. The van der Waals surface area contributed by atoms with Crippen LogP contribution in [0.1, 0.15) is 12.0 Å². The summed E-state index contributed by atoms with van der Waals surface area (Å²) in [6, 6.07) is 9.15. The number of fused-ring (bicyclic) bond motifs is 1. The molecule has 1 atom stereocenters. The Morgan fingerprint density at radius 3 is 2.58 bits per heavy atom. The van der Waals surface area contributed by atoms with Gasteiger partial charge >= 0.3 is 6.18 Å². The van der Waals surface area contributed by atoms with E-state index >= 15 is 0 Å². The summed E-state index contributed by atoms with van der Waals surface area (Å²) >= 11 is 0. The molecule has 0 bridgehead atoms. The average molecular weight is 358 g/mol. The van der Waals surface area contributed by atoms with Gasteiger partial charge in [-0.3, -0.25) is 4.98 Å². The van der Waals surface area contributed by atoms with Gasteiger partial charge in [-0.25, -0.2) is 4.98 Å². The van der Waals surface area contributed by atoms with E-state index in [2.05, 4.69) is 20.6 Å². The predicted molar refractivity (Wildman–Crippen MR) is 94.9 cm³/mol. The molecule has 1 unspecified atom stereocenters. The number of rotatable bonds is 3. The van der Waals surface area contributed by atoms with E-state index in [1.165, 1.54) is 12.1 Å². The molecular weight excluding hydrogens is 341 g/mol. The van der Waals surface area contributed by atoms with Crippen molar-refractivity contribution >= 4 is 16.7 Å². The maximum Gasteiger partial charge on any atom is 0.416 e. The second-order valence-corrected chi connectivity index (χ2v) is 6.33. The zero-order chi connectivity index (χ0) is 18.1. The Morgan fingerprint density at radius 2 is 1.88 bits per heavy atom. The van der Waals surface area contributed by atoms with E-state index in [0.29, 0.717) is 17.2 Å². The fraction of sp³-hybridized carbons (Fsp3) is 0.263. The van der Waals surface area contributed by atoms with Crippen LogP contribution in [-0.4, -0.2) is 29.1 Å². The number of hydrogen-bond donors (Lipinski definition) is 2. The van der Waals surface area contributed by atoms with Gasteiger partial charge in [0.1, 0.15) is 5.82 Å². The molecule has 0 saturated carbocycles. The van der Waals surface area contributed by atoms with Gasteiger partial charge in [-0.05, 0) is 42.8 Å². The van der Waals surface area contributed by atoms with Crippen molar-refractivity contribution < 1.29 is 13.2 Å². The minimum absolute atomic E-state index is 0.308. The average Bonchev–Trinajstić information content (AvgIpc) is 3.15. The summed E-state index contributed by atoms with van der Waals surface area (Å²) in [5.41, 5.74) is 1.42. The van der Waals surface area contributed by atoms with Gasteiger partial charge in [0, 0.05) is 35.9 Å². The Balaban J connectivity index is 1.74. The summed E-state index contributed by atoms with van der Waals surface area (Å²) in [6.45, 7) is 1.85. The van der Waals surface area contributed by atoms with Crippen molar-refractivity contribution in [1.29, 1.82) is 0 Å². The van der Waals surface area contributed by atoms with E-state index < -0.39 is 11.7 Å². The highest BCUT2D eigenvalue weighted by Crippen LogP contribution is 2.34. The Bertz CT molecular complexity index is 916. The van der Waals surface area contributed by atoms with Crippen molar-refractivity contribution in [2.45, 2.75) is 18.6 Å². The lowest BCUT2D eigenvalue weighted by molar-refractivity contribution is -0.137. The fourth-order valence-corrected chi connectivity index (χ4v) is 3.21. The van der Waals surface area contributed by atoms with Crippen molar-refractivity contribution in [1.82, 2.24) is 15.3 Å². The molecule has 1 aliphatic heterocycles. The van der Waals surface area contributed by atoms with Gasteiger partial charge < -0.3 is 10.6 Å². The third-order valence-electron chi connectivity index (χ3n) is 4.57. The largest absolute Gasteiger partial charge is 0.416 e. The Hall–Kier alpha value is -2.67. The van der Waals surface area contributed by atoms with Crippen LogP contribution in [0.4, 0.5) is 19.0 Å². The first-order valence-corrected chi connectivity index (χ1v) is 8.41. The van der Waals surface area contributed by atoms with Crippen LogP contribution in [0, 0.1) is 0 Å². The number of nitrogens with one attached hydrogen (secondary N) is 2. The quantitative estimate of drug-likeness (QED) is 0.740. The SMILES string of the molecule is FC(F)(F)c1ccc(-c2cnc(NC3CCNC3)c3cccnc23)cc1. The first-order chi connectivity index (χ1) is 12.5. The summed E-state index contributed by atoms with van der Waals surface area (Å²) in [4.78, 5) is 8.96. The number of aromatic nitrogens is 2. The first kappa shape index (κ1) is 16.8. The molecular formula is C19H17F3N4. The molecule has 4 nitrogen and oxygen atoms in total. The third-order valence-corrected chi connectivity index (χ3v) is 4.57. The smallest absolute Gasteiger partial charge is 0.365 e. The lowest BCUT2D eigenvalue weighted by atomic mass is 10.0.